The van der Waals surface area contributed by atoms with Gasteiger partial charge in [-0.1, -0.05) is 95.4 Å². The normalized spacial score (nSPS) is 10.7. The zero-order chi connectivity index (χ0) is 23.7. The average molecular weight is 457 g/mol. The second kappa shape index (κ2) is 16.0. The highest BCUT2D eigenvalue weighted by molar-refractivity contribution is 6.03. The lowest BCUT2D eigenvalue weighted by Crippen LogP contribution is -2.14. The van der Waals surface area contributed by atoms with E-state index in [0.29, 0.717) is 12.2 Å². The predicted molar refractivity (Wildman–Crippen MR) is 129 cm³/mol. The Hall–Kier alpha value is -2.69. The van der Waals surface area contributed by atoms with Gasteiger partial charge in [0.05, 0.1) is 17.7 Å². The minimum Gasteiger partial charge on any atom is -0.462 e. The molecule has 0 saturated heterocycles. The molecule has 33 heavy (non-hydrogen) atoms. The summed E-state index contributed by atoms with van der Waals surface area (Å²) in [5.41, 5.74) is 0.877. The number of carbonyl (C=O) groups excluding carboxylic acids is 2. The maximum Gasteiger partial charge on any atom is 0.339 e. The van der Waals surface area contributed by atoms with Crippen LogP contribution < -0.4 is 0 Å². The van der Waals surface area contributed by atoms with Crippen molar-refractivity contribution in [3.8, 4) is 0 Å². The molecule has 0 saturated carbocycles. The van der Waals surface area contributed by atoms with Gasteiger partial charge in [0, 0.05) is 0 Å². The van der Waals surface area contributed by atoms with E-state index >= 15 is 0 Å². The SMILES string of the molecule is CCCCCCCCCCCCCOC(=O)c1ccccc1C(=O)OCc1cccc(F)c1. The van der Waals surface area contributed by atoms with Gasteiger partial charge in [0.2, 0.25) is 0 Å². The maximum absolute atomic E-state index is 13.3. The van der Waals surface area contributed by atoms with E-state index in [1.807, 2.05) is 0 Å². The van der Waals surface area contributed by atoms with E-state index in [2.05, 4.69) is 6.92 Å². The van der Waals surface area contributed by atoms with Gasteiger partial charge in [0.1, 0.15) is 12.4 Å². The highest BCUT2D eigenvalue weighted by Gasteiger charge is 2.19. The van der Waals surface area contributed by atoms with Crippen molar-refractivity contribution in [2.24, 2.45) is 0 Å². The third-order valence-electron chi connectivity index (χ3n) is 5.61. The van der Waals surface area contributed by atoms with E-state index in [-0.39, 0.29) is 17.7 Å². The Balaban J connectivity index is 1.66. The van der Waals surface area contributed by atoms with Crippen LogP contribution in [0.2, 0.25) is 0 Å². The molecule has 0 aromatic heterocycles. The fraction of sp³-hybridized carbons (Fsp3) is 0.500. The molecule has 2 rings (SSSR count). The first-order valence-electron chi connectivity index (χ1n) is 12.3. The number of rotatable bonds is 16. The number of unbranched alkanes of at least 4 members (excludes halogenated alkanes) is 10. The number of halogens is 1. The van der Waals surface area contributed by atoms with Crippen molar-refractivity contribution in [1.82, 2.24) is 0 Å². The zero-order valence-electron chi connectivity index (χ0n) is 19.8. The lowest BCUT2D eigenvalue weighted by molar-refractivity contribution is 0.0436. The first-order valence-corrected chi connectivity index (χ1v) is 12.3. The summed E-state index contributed by atoms with van der Waals surface area (Å²) in [5.74, 6) is -1.56. The van der Waals surface area contributed by atoms with Crippen LogP contribution >= 0.6 is 0 Å². The Morgan fingerprint density at radius 3 is 1.82 bits per heavy atom. The molecule has 0 heterocycles. The zero-order valence-corrected chi connectivity index (χ0v) is 19.8. The van der Waals surface area contributed by atoms with E-state index in [1.54, 1.807) is 30.3 Å². The highest BCUT2D eigenvalue weighted by atomic mass is 19.1. The van der Waals surface area contributed by atoms with E-state index in [9.17, 15) is 14.0 Å². The number of esters is 2. The smallest absolute Gasteiger partial charge is 0.339 e. The van der Waals surface area contributed by atoms with Gasteiger partial charge in [0.15, 0.2) is 0 Å². The lowest BCUT2D eigenvalue weighted by atomic mass is 10.1. The number of carbonyl (C=O) groups is 2. The molecular formula is C28H37FO4. The minimum atomic E-state index is -0.637. The van der Waals surface area contributed by atoms with Crippen LogP contribution in [0.3, 0.4) is 0 Å². The van der Waals surface area contributed by atoms with Crippen molar-refractivity contribution >= 4 is 11.9 Å². The molecule has 0 spiro atoms. The fourth-order valence-electron chi connectivity index (χ4n) is 3.70. The molecule has 0 aliphatic rings. The van der Waals surface area contributed by atoms with Crippen molar-refractivity contribution in [2.75, 3.05) is 6.61 Å². The molecule has 0 radical (unpaired) electrons. The van der Waals surface area contributed by atoms with E-state index in [4.69, 9.17) is 9.47 Å². The van der Waals surface area contributed by atoms with Gasteiger partial charge in [0.25, 0.3) is 0 Å². The number of hydrogen-bond donors (Lipinski definition) is 0. The summed E-state index contributed by atoms with van der Waals surface area (Å²) in [5, 5.41) is 0. The van der Waals surface area contributed by atoms with Crippen LogP contribution in [0.5, 0.6) is 0 Å². The summed E-state index contributed by atoms with van der Waals surface area (Å²) in [7, 11) is 0. The highest BCUT2D eigenvalue weighted by Crippen LogP contribution is 2.15. The summed E-state index contributed by atoms with van der Waals surface area (Å²) in [6.07, 6.45) is 13.5. The maximum atomic E-state index is 13.3. The molecule has 0 bridgehead atoms. The summed E-state index contributed by atoms with van der Waals surface area (Å²) < 4.78 is 23.9. The largest absolute Gasteiger partial charge is 0.462 e. The van der Waals surface area contributed by atoms with Gasteiger partial charge in [-0.3, -0.25) is 0 Å². The predicted octanol–water partition coefficient (Wildman–Crippen LogP) is 7.65. The number of ether oxygens (including phenoxy) is 2. The molecule has 0 atom stereocenters. The first kappa shape index (κ1) is 26.6. The third-order valence-corrected chi connectivity index (χ3v) is 5.61. The molecule has 5 heteroatoms. The van der Waals surface area contributed by atoms with Crippen molar-refractivity contribution in [3.05, 3.63) is 71.0 Å². The van der Waals surface area contributed by atoms with Crippen LogP contribution in [0.4, 0.5) is 4.39 Å². The van der Waals surface area contributed by atoms with Crippen molar-refractivity contribution < 1.29 is 23.5 Å². The molecule has 0 N–H and O–H groups in total. The van der Waals surface area contributed by atoms with E-state index < -0.39 is 17.8 Å². The molecule has 4 nitrogen and oxygen atoms in total. The van der Waals surface area contributed by atoms with Gasteiger partial charge < -0.3 is 9.47 Å². The minimum absolute atomic E-state index is 0.0707. The molecule has 2 aromatic carbocycles. The summed E-state index contributed by atoms with van der Waals surface area (Å²) in [6.45, 7) is 2.50. The van der Waals surface area contributed by atoms with E-state index in [1.165, 1.54) is 69.6 Å². The van der Waals surface area contributed by atoms with Gasteiger partial charge in [-0.15, -0.1) is 0 Å². The lowest BCUT2D eigenvalue weighted by Gasteiger charge is -2.10. The van der Waals surface area contributed by atoms with Crippen LogP contribution in [0.15, 0.2) is 48.5 Å². The Bertz CT molecular complexity index is 849. The summed E-state index contributed by atoms with van der Waals surface area (Å²) in [6, 6.07) is 12.3. The van der Waals surface area contributed by atoms with Crippen LogP contribution in [0.1, 0.15) is 104 Å². The van der Waals surface area contributed by atoms with Crippen molar-refractivity contribution in [1.29, 1.82) is 0 Å². The Morgan fingerprint density at radius 1 is 0.697 bits per heavy atom. The molecule has 180 valence electrons. The Kier molecular flexibility index (Phi) is 12.9. The van der Waals surface area contributed by atoms with Crippen molar-refractivity contribution in [3.63, 3.8) is 0 Å². The summed E-state index contributed by atoms with van der Waals surface area (Å²) >= 11 is 0. The first-order chi connectivity index (χ1) is 16.1. The molecular weight excluding hydrogens is 419 g/mol. The molecule has 0 aliphatic carbocycles. The fourth-order valence-corrected chi connectivity index (χ4v) is 3.70. The monoisotopic (exact) mass is 456 g/mol. The topological polar surface area (TPSA) is 52.6 Å². The van der Waals surface area contributed by atoms with Crippen LogP contribution in [-0.2, 0) is 16.1 Å². The van der Waals surface area contributed by atoms with Gasteiger partial charge in [-0.05, 0) is 36.2 Å². The standard InChI is InChI=1S/C28H37FO4/c1-2-3-4-5-6-7-8-9-10-11-14-20-32-27(30)25-18-12-13-19-26(25)28(31)33-22-23-16-15-17-24(29)21-23/h12-13,15-19,21H,2-11,14,20,22H2,1H3. The Morgan fingerprint density at radius 2 is 1.24 bits per heavy atom. The molecule has 2 aromatic rings. The quantitative estimate of drug-likeness (QED) is 0.192. The van der Waals surface area contributed by atoms with E-state index in [0.717, 1.165) is 19.3 Å². The average Bonchev–Trinajstić information content (AvgIpc) is 2.83. The van der Waals surface area contributed by atoms with Crippen LogP contribution in [-0.4, -0.2) is 18.5 Å². The number of hydrogen-bond acceptors (Lipinski definition) is 4. The molecule has 0 fully saturated rings. The molecule has 0 unspecified atom stereocenters. The third kappa shape index (κ3) is 10.6. The molecule has 0 aliphatic heterocycles. The second-order valence-electron chi connectivity index (χ2n) is 8.42. The van der Waals surface area contributed by atoms with Gasteiger partial charge in [-0.2, -0.15) is 0 Å². The van der Waals surface area contributed by atoms with Gasteiger partial charge >= 0.3 is 11.9 Å². The molecule has 0 amide bonds. The summed E-state index contributed by atoms with van der Waals surface area (Å²) in [4.78, 5) is 25.0. The Labute approximate surface area is 197 Å². The van der Waals surface area contributed by atoms with Gasteiger partial charge in [-0.25, -0.2) is 14.0 Å². The van der Waals surface area contributed by atoms with Crippen molar-refractivity contribution in [2.45, 2.75) is 84.2 Å². The second-order valence-corrected chi connectivity index (χ2v) is 8.42. The van der Waals surface area contributed by atoms with Crippen LogP contribution in [0.25, 0.3) is 0 Å². The van der Waals surface area contributed by atoms with Crippen LogP contribution in [0, 0.1) is 5.82 Å². The number of benzene rings is 2.